The Morgan fingerprint density at radius 2 is 1.87 bits per heavy atom. The van der Waals surface area contributed by atoms with E-state index in [1.54, 1.807) is 31.5 Å². The third kappa shape index (κ3) is 4.58. The number of ether oxygens (including phenoxy) is 1. The van der Waals surface area contributed by atoms with Crippen LogP contribution in [0.5, 0.6) is 5.75 Å². The van der Waals surface area contributed by atoms with Gasteiger partial charge >= 0.3 is 6.03 Å². The van der Waals surface area contributed by atoms with E-state index in [1.165, 1.54) is 0 Å². The van der Waals surface area contributed by atoms with Gasteiger partial charge in [-0.2, -0.15) is 0 Å². The van der Waals surface area contributed by atoms with Crippen LogP contribution in [-0.2, 0) is 6.54 Å². The molecule has 0 aliphatic heterocycles. The Kier molecular flexibility index (Phi) is 6.26. The minimum atomic E-state index is -0.377. The number of rotatable bonds is 5. The maximum Gasteiger partial charge on any atom is 0.319 e. The zero-order valence-corrected chi connectivity index (χ0v) is 18.2. The number of urea groups is 1. The maximum atomic E-state index is 12.4. The zero-order chi connectivity index (χ0) is 21.8. The Hall–Kier alpha value is -3.28. The highest BCUT2D eigenvalue weighted by Crippen LogP contribution is 2.32. The number of fused-ring (bicyclic) bond motifs is 1. The van der Waals surface area contributed by atoms with Gasteiger partial charge in [0.1, 0.15) is 5.75 Å². The molecule has 1 heterocycles. The monoisotopic (exact) mass is 451 g/mol. The zero-order valence-electron chi connectivity index (χ0n) is 16.7. The number of benzene rings is 3. The molecular weight excluding hydrogens is 433 g/mol. The van der Waals surface area contributed by atoms with Gasteiger partial charge in [-0.3, -0.25) is 4.98 Å². The summed E-state index contributed by atoms with van der Waals surface area (Å²) in [6.45, 7) is 0.324. The number of hydrogen-bond acceptors (Lipinski definition) is 3. The molecule has 2 N–H and O–H groups in total. The van der Waals surface area contributed by atoms with Gasteiger partial charge in [0.25, 0.3) is 0 Å². The number of amides is 2. The lowest BCUT2D eigenvalue weighted by Gasteiger charge is -2.13. The molecule has 4 aromatic rings. The van der Waals surface area contributed by atoms with E-state index in [1.807, 2.05) is 48.7 Å². The summed E-state index contributed by atoms with van der Waals surface area (Å²) in [5, 5.41) is 8.27. The number of aromatic nitrogens is 1. The summed E-state index contributed by atoms with van der Waals surface area (Å²) >= 11 is 12.1. The summed E-state index contributed by atoms with van der Waals surface area (Å²) in [4.78, 5) is 16.7. The van der Waals surface area contributed by atoms with E-state index in [9.17, 15) is 4.79 Å². The molecular formula is C24H19Cl2N3O2. The van der Waals surface area contributed by atoms with E-state index in [0.717, 1.165) is 33.2 Å². The molecule has 0 bridgehead atoms. The van der Waals surface area contributed by atoms with Crippen molar-refractivity contribution < 1.29 is 9.53 Å². The molecule has 3 aromatic carbocycles. The van der Waals surface area contributed by atoms with Crippen LogP contribution < -0.4 is 15.4 Å². The Morgan fingerprint density at radius 1 is 1.03 bits per heavy atom. The average Bonchev–Trinajstić information content (AvgIpc) is 2.80. The third-order valence-electron chi connectivity index (χ3n) is 4.93. The fourth-order valence-electron chi connectivity index (χ4n) is 3.39. The van der Waals surface area contributed by atoms with Crippen molar-refractivity contribution in [3.63, 3.8) is 0 Å². The number of carbonyl (C=O) groups is 1. The molecule has 0 aliphatic rings. The van der Waals surface area contributed by atoms with Gasteiger partial charge in [0.05, 0.1) is 22.8 Å². The number of nitrogens with one attached hydrogen (secondary N) is 2. The summed E-state index contributed by atoms with van der Waals surface area (Å²) in [7, 11) is 1.65. The molecule has 0 saturated carbocycles. The summed E-state index contributed by atoms with van der Waals surface area (Å²) in [5.74, 6) is 0.793. The highest BCUT2D eigenvalue weighted by molar-refractivity contribution is 6.43. The van der Waals surface area contributed by atoms with Crippen molar-refractivity contribution in [1.29, 1.82) is 0 Å². The molecule has 5 nitrogen and oxygen atoms in total. The molecule has 4 rings (SSSR count). The molecule has 0 fully saturated rings. The van der Waals surface area contributed by atoms with Gasteiger partial charge < -0.3 is 15.4 Å². The first-order valence-electron chi connectivity index (χ1n) is 9.55. The maximum absolute atomic E-state index is 12.4. The first-order chi connectivity index (χ1) is 15.1. The van der Waals surface area contributed by atoms with Crippen LogP contribution in [0.1, 0.15) is 5.56 Å². The van der Waals surface area contributed by atoms with Crippen LogP contribution in [0.25, 0.3) is 21.9 Å². The van der Waals surface area contributed by atoms with Crippen LogP contribution in [0.4, 0.5) is 10.5 Å². The van der Waals surface area contributed by atoms with Crippen LogP contribution >= 0.6 is 23.2 Å². The van der Waals surface area contributed by atoms with E-state index in [0.29, 0.717) is 22.3 Å². The molecule has 0 spiro atoms. The molecule has 0 aliphatic carbocycles. The highest BCUT2D eigenvalue weighted by atomic mass is 35.5. The second-order valence-corrected chi connectivity index (χ2v) is 7.62. The van der Waals surface area contributed by atoms with Gasteiger partial charge in [-0.05, 0) is 52.4 Å². The topological polar surface area (TPSA) is 63.2 Å². The highest BCUT2D eigenvalue weighted by Gasteiger charge is 2.11. The Bertz CT molecular complexity index is 1260. The number of nitrogens with zero attached hydrogens (tertiary/aromatic N) is 1. The molecule has 7 heteroatoms. The number of halogens is 2. The van der Waals surface area contributed by atoms with Gasteiger partial charge in [0.2, 0.25) is 0 Å². The molecule has 0 saturated heterocycles. The third-order valence-corrected chi connectivity index (χ3v) is 5.75. The van der Waals surface area contributed by atoms with Crippen LogP contribution in [0, 0.1) is 0 Å². The lowest BCUT2D eigenvalue weighted by molar-refractivity contribution is 0.252. The SMILES string of the molecule is COc1cccc(-c2ccc(CNC(=O)Nc3cccc(Cl)c3Cl)c3cnccc23)c1. The van der Waals surface area contributed by atoms with Crippen LogP contribution in [0.3, 0.4) is 0 Å². The van der Waals surface area contributed by atoms with E-state index in [-0.39, 0.29) is 6.03 Å². The number of hydrogen-bond donors (Lipinski definition) is 2. The van der Waals surface area contributed by atoms with Gasteiger partial charge in [-0.25, -0.2) is 4.79 Å². The number of carbonyl (C=O) groups excluding carboxylic acids is 1. The van der Waals surface area contributed by atoms with Gasteiger partial charge in [0.15, 0.2) is 0 Å². The van der Waals surface area contributed by atoms with Gasteiger partial charge in [-0.1, -0.05) is 53.5 Å². The Labute approximate surface area is 190 Å². The first kappa shape index (κ1) is 21.0. The number of anilines is 1. The van der Waals surface area contributed by atoms with Crippen molar-refractivity contribution in [3.8, 4) is 16.9 Å². The largest absolute Gasteiger partial charge is 0.497 e. The second-order valence-electron chi connectivity index (χ2n) is 6.83. The lowest BCUT2D eigenvalue weighted by atomic mass is 9.96. The van der Waals surface area contributed by atoms with E-state index < -0.39 is 0 Å². The predicted molar refractivity (Wildman–Crippen MR) is 126 cm³/mol. The number of pyridine rings is 1. The predicted octanol–water partition coefficient (Wildman–Crippen LogP) is 6.54. The minimum Gasteiger partial charge on any atom is -0.497 e. The summed E-state index contributed by atoms with van der Waals surface area (Å²) < 4.78 is 5.36. The lowest BCUT2D eigenvalue weighted by Crippen LogP contribution is -2.28. The van der Waals surface area contributed by atoms with Crippen LogP contribution in [-0.4, -0.2) is 18.1 Å². The average molecular weight is 452 g/mol. The van der Waals surface area contributed by atoms with Crippen LogP contribution in [0.15, 0.2) is 73.1 Å². The molecule has 0 atom stereocenters. The van der Waals surface area contributed by atoms with Crippen LogP contribution in [0.2, 0.25) is 10.0 Å². The Balaban J connectivity index is 1.58. The second kappa shape index (κ2) is 9.25. The molecule has 156 valence electrons. The quantitative estimate of drug-likeness (QED) is 0.362. The summed E-state index contributed by atoms with van der Waals surface area (Å²) in [5.41, 5.74) is 3.51. The van der Waals surface area contributed by atoms with E-state index in [4.69, 9.17) is 27.9 Å². The smallest absolute Gasteiger partial charge is 0.319 e. The molecule has 1 aromatic heterocycles. The van der Waals surface area contributed by atoms with Crippen molar-refractivity contribution in [2.24, 2.45) is 0 Å². The van der Waals surface area contributed by atoms with Crippen molar-refractivity contribution in [1.82, 2.24) is 10.3 Å². The fraction of sp³-hybridized carbons (Fsp3) is 0.0833. The molecule has 0 unspecified atom stereocenters. The van der Waals surface area contributed by atoms with Crippen molar-refractivity contribution in [2.45, 2.75) is 6.54 Å². The summed E-state index contributed by atoms with van der Waals surface area (Å²) in [6.07, 6.45) is 3.57. The van der Waals surface area contributed by atoms with Crippen molar-refractivity contribution in [2.75, 3.05) is 12.4 Å². The van der Waals surface area contributed by atoms with E-state index in [2.05, 4.69) is 15.6 Å². The fourth-order valence-corrected chi connectivity index (χ4v) is 3.74. The first-order valence-corrected chi connectivity index (χ1v) is 10.3. The number of methoxy groups -OCH3 is 1. The van der Waals surface area contributed by atoms with Crippen molar-refractivity contribution >= 4 is 45.7 Å². The van der Waals surface area contributed by atoms with E-state index >= 15 is 0 Å². The Morgan fingerprint density at radius 3 is 2.71 bits per heavy atom. The molecule has 2 amide bonds. The van der Waals surface area contributed by atoms with Gasteiger partial charge in [-0.15, -0.1) is 0 Å². The molecule has 31 heavy (non-hydrogen) atoms. The van der Waals surface area contributed by atoms with Crippen molar-refractivity contribution in [3.05, 3.63) is 88.7 Å². The standard InChI is InChI=1S/C24H19Cl2N3O2/c1-31-17-5-2-4-15(12-17)18-9-8-16(20-14-27-11-10-19(18)20)13-28-24(30)29-22-7-3-6-21(25)23(22)26/h2-12,14H,13H2,1H3,(H2,28,29,30). The summed E-state index contributed by atoms with van der Waals surface area (Å²) in [6, 6.07) is 18.6. The minimum absolute atomic E-state index is 0.302. The van der Waals surface area contributed by atoms with Gasteiger partial charge in [0, 0.05) is 24.3 Å². The molecule has 0 radical (unpaired) electrons. The normalized spacial score (nSPS) is 10.7.